The zero-order valence-corrected chi connectivity index (χ0v) is 10.7. The van der Waals surface area contributed by atoms with Gasteiger partial charge in [0.15, 0.2) is 0 Å². The Morgan fingerprint density at radius 3 is 2.59 bits per heavy atom. The van der Waals surface area contributed by atoms with E-state index in [4.69, 9.17) is 4.74 Å². The lowest BCUT2D eigenvalue weighted by Crippen LogP contribution is -2.45. The first-order chi connectivity index (χ1) is 8.42. The minimum Gasteiger partial charge on any atom is -0.379 e. The molecule has 0 amide bonds. The van der Waals surface area contributed by atoms with Crippen LogP contribution in [0.1, 0.15) is 6.42 Å². The van der Waals surface area contributed by atoms with Crippen LogP contribution in [-0.2, 0) is 4.74 Å². The molecule has 0 aliphatic carbocycles. The van der Waals surface area contributed by atoms with Crippen LogP contribution >= 0.6 is 0 Å². The van der Waals surface area contributed by atoms with E-state index in [-0.39, 0.29) is 0 Å². The predicted octanol–water partition coefficient (Wildman–Crippen LogP) is -0.140. The molecule has 0 aromatic carbocycles. The van der Waals surface area contributed by atoms with Crippen LogP contribution in [0.3, 0.4) is 0 Å². The number of rotatable bonds is 3. The van der Waals surface area contributed by atoms with Crippen LogP contribution in [0.15, 0.2) is 0 Å². The van der Waals surface area contributed by atoms with E-state index < -0.39 is 0 Å². The van der Waals surface area contributed by atoms with Gasteiger partial charge in [0, 0.05) is 32.7 Å². The minimum atomic E-state index is 0.924. The largest absolute Gasteiger partial charge is 0.379 e. The summed E-state index contributed by atoms with van der Waals surface area (Å²) in [5, 5.41) is 3.54. The maximum Gasteiger partial charge on any atom is 0.0594 e. The van der Waals surface area contributed by atoms with Crippen LogP contribution in [0.25, 0.3) is 0 Å². The third kappa shape index (κ3) is 2.99. The van der Waals surface area contributed by atoms with Gasteiger partial charge in [-0.3, -0.25) is 4.90 Å². The Labute approximate surface area is 104 Å². The number of ether oxygens (including phenoxy) is 1. The average molecular weight is 239 g/mol. The lowest BCUT2D eigenvalue weighted by Gasteiger charge is -2.36. The monoisotopic (exact) mass is 239 g/mol. The maximum absolute atomic E-state index is 5.38. The van der Waals surface area contributed by atoms with Gasteiger partial charge in [0.25, 0.3) is 0 Å². The lowest BCUT2D eigenvalue weighted by atomic mass is 9.89. The molecule has 1 N–H and O–H groups in total. The molecule has 0 radical (unpaired) electrons. The summed E-state index contributed by atoms with van der Waals surface area (Å²) in [6.45, 7) is 11.7. The van der Waals surface area contributed by atoms with Crippen molar-refractivity contribution in [1.29, 1.82) is 0 Å². The number of likely N-dealkylation sites (tertiary alicyclic amines) is 1. The summed E-state index contributed by atoms with van der Waals surface area (Å²) < 4.78 is 5.38. The topological polar surface area (TPSA) is 27.7 Å². The number of fused-ring (bicyclic) bond motifs is 1. The Kier molecular flexibility index (Phi) is 3.96. The van der Waals surface area contributed by atoms with Crippen LogP contribution in [-0.4, -0.2) is 75.4 Å². The second kappa shape index (κ2) is 5.65. The van der Waals surface area contributed by atoms with Crippen LogP contribution in [0, 0.1) is 11.8 Å². The summed E-state index contributed by atoms with van der Waals surface area (Å²) in [7, 11) is 0. The molecular formula is C13H25N3O. The molecule has 0 aromatic heterocycles. The predicted molar refractivity (Wildman–Crippen MR) is 68.2 cm³/mol. The van der Waals surface area contributed by atoms with Crippen molar-refractivity contribution in [3.63, 3.8) is 0 Å². The van der Waals surface area contributed by atoms with E-state index in [9.17, 15) is 0 Å². The standard InChI is InChI=1S/C13H25N3O/c1-2-16(11-13-10-14-9-12(1)13)4-3-15-5-7-17-8-6-15/h12-14H,1-11H2. The molecule has 3 rings (SSSR count). The van der Waals surface area contributed by atoms with Crippen LogP contribution in [0.5, 0.6) is 0 Å². The van der Waals surface area contributed by atoms with Crippen molar-refractivity contribution in [3.05, 3.63) is 0 Å². The van der Waals surface area contributed by atoms with Gasteiger partial charge in [-0.2, -0.15) is 0 Å². The highest BCUT2D eigenvalue weighted by molar-refractivity contribution is 4.88. The fourth-order valence-corrected chi connectivity index (χ4v) is 3.42. The van der Waals surface area contributed by atoms with Crippen molar-refractivity contribution < 1.29 is 4.74 Å². The third-order valence-electron chi connectivity index (χ3n) is 4.62. The maximum atomic E-state index is 5.38. The number of nitrogens with zero attached hydrogens (tertiary/aromatic N) is 2. The summed E-state index contributed by atoms with van der Waals surface area (Å²) in [5.41, 5.74) is 0. The van der Waals surface area contributed by atoms with Gasteiger partial charge in [0.2, 0.25) is 0 Å². The van der Waals surface area contributed by atoms with Crippen LogP contribution in [0.4, 0.5) is 0 Å². The molecule has 0 spiro atoms. The fraction of sp³-hybridized carbons (Fsp3) is 1.00. The third-order valence-corrected chi connectivity index (χ3v) is 4.62. The highest BCUT2D eigenvalue weighted by atomic mass is 16.5. The molecule has 98 valence electrons. The molecule has 0 bridgehead atoms. The number of hydrogen-bond donors (Lipinski definition) is 1. The molecule has 3 aliphatic rings. The van der Waals surface area contributed by atoms with Crippen molar-refractivity contribution in [1.82, 2.24) is 15.1 Å². The molecule has 17 heavy (non-hydrogen) atoms. The van der Waals surface area contributed by atoms with Gasteiger partial charge in [-0.05, 0) is 37.9 Å². The molecule has 3 fully saturated rings. The van der Waals surface area contributed by atoms with Gasteiger partial charge in [0.1, 0.15) is 0 Å². The second-order valence-electron chi connectivity index (χ2n) is 5.72. The number of morpholine rings is 1. The first-order valence-corrected chi connectivity index (χ1v) is 7.15. The molecule has 4 heteroatoms. The molecule has 0 saturated carbocycles. The normalized spacial score (nSPS) is 36.0. The average Bonchev–Trinajstić information content (AvgIpc) is 2.85. The van der Waals surface area contributed by atoms with Gasteiger partial charge < -0.3 is 15.0 Å². The lowest BCUT2D eigenvalue weighted by molar-refractivity contribution is 0.0298. The number of hydrogen-bond acceptors (Lipinski definition) is 4. The molecule has 4 nitrogen and oxygen atoms in total. The summed E-state index contributed by atoms with van der Waals surface area (Å²) in [5.74, 6) is 1.89. The van der Waals surface area contributed by atoms with E-state index in [0.717, 1.165) is 38.1 Å². The summed E-state index contributed by atoms with van der Waals surface area (Å²) in [6.07, 6.45) is 1.40. The minimum absolute atomic E-state index is 0.924. The van der Waals surface area contributed by atoms with E-state index in [1.54, 1.807) is 0 Å². The quantitative estimate of drug-likeness (QED) is 0.742. The van der Waals surface area contributed by atoms with Crippen molar-refractivity contribution in [2.45, 2.75) is 6.42 Å². The Morgan fingerprint density at radius 2 is 1.71 bits per heavy atom. The van der Waals surface area contributed by atoms with Gasteiger partial charge in [-0.1, -0.05) is 0 Å². The van der Waals surface area contributed by atoms with Gasteiger partial charge >= 0.3 is 0 Å². The molecule has 3 aliphatic heterocycles. The molecule has 3 saturated heterocycles. The van der Waals surface area contributed by atoms with E-state index in [0.29, 0.717) is 0 Å². The van der Waals surface area contributed by atoms with E-state index in [1.165, 1.54) is 45.7 Å². The van der Waals surface area contributed by atoms with Gasteiger partial charge in [-0.25, -0.2) is 0 Å². The Balaban J connectivity index is 1.40. The molecule has 3 heterocycles. The van der Waals surface area contributed by atoms with E-state index in [2.05, 4.69) is 15.1 Å². The van der Waals surface area contributed by atoms with E-state index in [1.807, 2.05) is 0 Å². The molecular weight excluding hydrogens is 214 g/mol. The SMILES string of the molecule is C1CN(CCN2CCC3CNCC3C2)CCO1. The smallest absolute Gasteiger partial charge is 0.0594 e. The Hall–Kier alpha value is -0.160. The summed E-state index contributed by atoms with van der Waals surface area (Å²) in [4.78, 5) is 5.21. The van der Waals surface area contributed by atoms with Crippen molar-refractivity contribution in [2.75, 3.05) is 65.6 Å². The highest BCUT2D eigenvalue weighted by Crippen LogP contribution is 2.26. The number of piperidine rings is 1. The van der Waals surface area contributed by atoms with Crippen LogP contribution in [0.2, 0.25) is 0 Å². The van der Waals surface area contributed by atoms with Gasteiger partial charge in [0.05, 0.1) is 13.2 Å². The molecule has 2 atom stereocenters. The second-order valence-corrected chi connectivity index (χ2v) is 5.72. The zero-order chi connectivity index (χ0) is 11.5. The molecule has 0 aromatic rings. The first kappa shape index (κ1) is 11.9. The number of nitrogens with one attached hydrogen (secondary N) is 1. The van der Waals surface area contributed by atoms with Gasteiger partial charge in [-0.15, -0.1) is 0 Å². The van der Waals surface area contributed by atoms with E-state index >= 15 is 0 Å². The van der Waals surface area contributed by atoms with Crippen molar-refractivity contribution >= 4 is 0 Å². The van der Waals surface area contributed by atoms with Crippen molar-refractivity contribution in [2.24, 2.45) is 11.8 Å². The Morgan fingerprint density at radius 1 is 0.941 bits per heavy atom. The van der Waals surface area contributed by atoms with Crippen molar-refractivity contribution in [3.8, 4) is 0 Å². The Bertz CT molecular complexity index is 243. The van der Waals surface area contributed by atoms with Crippen LogP contribution < -0.4 is 5.32 Å². The summed E-state index contributed by atoms with van der Waals surface area (Å²) in [6, 6.07) is 0. The zero-order valence-electron chi connectivity index (χ0n) is 10.7. The highest BCUT2D eigenvalue weighted by Gasteiger charge is 2.32. The molecule has 2 unspecified atom stereocenters. The first-order valence-electron chi connectivity index (χ1n) is 7.15. The fourth-order valence-electron chi connectivity index (χ4n) is 3.42. The summed E-state index contributed by atoms with van der Waals surface area (Å²) >= 11 is 0.